The molecule has 2 aromatic rings. The summed E-state index contributed by atoms with van der Waals surface area (Å²) in [5.74, 6) is -0.773. The molecule has 7 heteroatoms. The highest BCUT2D eigenvalue weighted by Gasteiger charge is 2.32. The number of rotatable bonds is 5. The fourth-order valence-electron chi connectivity index (χ4n) is 3.48. The number of nitrogens with one attached hydrogen (secondary N) is 1. The van der Waals surface area contributed by atoms with Gasteiger partial charge in [-0.1, -0.05) is 11.6 Å². The van der Waals surface area contributed by atoms with Gasteiger partial charge in [-0.15, -0.1) is 0 Å². The van der Waals surface area contributed by atoms with Crippen LogP contribution in [0.25, 0.3) is 10.9 Å². The predicted octanol–water partition coefficient (Wildman–Crippen LogP) is 1.31. The Bertz CT molecular complexity index is 806. The number of benzene rings is 1. The first-order valence-electron chi connectivity index (χ1n) is 8.84. The van der Waals surface area contributed by atoms with E-state index in [9.17, 15) is 14.7 Å². The summed E-state index contributed by atoms with van der Waals surface area (Å²) >= 11 is 0. The van der Waals surface area contributed by atoms with E-state index in [1.165, 1.54) is 0 Å². The Morgan fingerprint density at radius 1 is 1.23 bits per heavy atom. The van der Waals surface area contributed by atoms with Crippen LogP contribution in [0.2, 0.25) is 0 Å². The molecule has 0 spiro atoms. The van der Waals surface area contributed by atoms with Gasteiger partial charge in [0.25, 0.3) is 0 Å². The van der Waals surface area contributed by atoms with Gasteiger partial charge in [-0.2, -0.15) is 0 Å². The lowest BCUT2D eigenvalue weighted by molar-refractivity contribution is -0.145. The number of carboxylic acids is 1. The summed E-state index contributed by atoms with van der Waals surface area (Å²) in [7, 11) is 3.50. The molecule has 0 saturated carbocycles. The first kappa shape index (κ1) is 18.4. The summed E-state index contributed by atoms with van der Waals surface area (Å²) < 4.78 is 0. The SMILES string of the molecule is Cc1ccc2[nH]cc([C@H](C(=O)O)N3CCN(CC(=O)N(C)C)CC3)c2c1. The lowest BCUT2D eigenvalue weighted by Crippen LogP contribution is -2.51. The molecular weight excluding hydrogens is 332 g/mol. The molecule has 26 heavy (non-hydrogen) atoms. The van der Waals surface area contributed by atoms with Crippen LogP contribution >= 0.6 is 0 Å². The van der Waals surface area contributed by atoms with Crippen LogP contribution in [0.15, 0.2) is 24.4 Å². The Morgan fingerprint density at radius 2 is 1.92 bits per heavy atom. The molecule has 3 rings (SSSR count). The second-order valence-corrected chi connectivity index (χ2v) is 7.13. The van der Waals surface area contributed by atoms with E-state index in [0.29, 0.717) is 32.7 Å². The van der Waals surface area contributed by atoms with Crippen LogP contribution in [-0.2, 0) is 9.59 Å². The number of aryl methyl sites for hydroxylation is 1. The highest BCUT2D eigenvalue weighted by atomic mass is 16.4. The predicted molar refractivity (Wildman–Crippen MR) is 100 cm³/mol. The quantitative estimate of drug-likeness (QED) is 0.842. The van der Waals surface area contributed by atoms with Gasteiger partial charge in [0.2, 0.25) is 5.91 Å². The zero-order valence-corrected chi connectivity index (χ0v) is 15.5. The van der Waals surface area contributed by atoms with Crippen molar-refractivity contribution in [1.29, 1.82) is 0 Å². The molecule has 0 radical (unpaired) electrons. The Morgan fingerprint density at radius 3 is 2.54 bits per heavy atom. The van der Waals surface area contributed by atoms with E-state index in [4.69, 9.17) is 0 Å². The molecule has 2 heterocycles. The summed E-state index contributed by atoms with van der Waals surface area (Å²) in [6.07, 6.45) is 1.81. The van der Waals surface area contributed by atoms with Gasteiger partial charge in [0.15, 0.2) is 0 Å². The summed E-state index contributed by atoms with van der Waals surface area (Å²) in [6.45, 7) is 5.00. The lowest BCUT2D eigenvalue weighted by atomic mass is 10.0. The zero-order valence-electron chi connectivity index (χ0n) is 15.5. The van der Waals surface area contributed by atoms with Crippen molar-refractivity contribution in [3.05, 3.63) is 35.5 Å². The largest absolute Gasteiger partial charge is 0.480 e. The average molecular weight is 358 g/mol. The van der Waals surface area contributed by atoms with Crippen LogP contribution in [0.4, 0.5) is 0 Å². The van der Waals surface area contributed by atoms with E-state index in [2.05, 4.69) is 9.88 Å². The van der Waals surface area contributed by atoms with Crippen molar-refractivity contribution in [3.63, 3.8) is 0 Å². The third-order valence-electron chi connectivity index (χ3n) is 5.03. The second-order valence-electron chi connectivity index (χ2n) is 7.13. The summed E-state index contributed by atoms with van der Waals surface area (Å²) in [5.41, 5.74) is 2.86. The first-order chi connectivity index (χ1) is 12.4. The number of carbonyl (C=O) groups excluding carboxylic acids is 1. The van der Waals surface area contributed by atoms with E-state index in [-0.39, 0.29) is 5.91 Å². The molecule has 1 aliphatic rings. The standard InChI is InChI=1S/C19H26N4O3/c1-13-4-5-16-14(10-13)15(11-20-16)18(19(25)26)23-8-6-22(7-9-23)12-17(24)21(2)3/h4-5,10-11,18,20H,6-9,12H2,1-3H3,(H,25,26)/t18-/m1/s1. The number of hydrogen-bond donors (Lipinski definition) is 2. The summed E-state index contributed by atoms with van der Waals surface area (Å²) in [6, 6.07) is 5.34. The Hall–Kier alpha value is -2.38. The number of nitrogens with zero attached hydrogens (tertiary/aromatic N) is 3. The summed E-state index contributed by atoms with van der Waals surface area (Å²) in [4.78, 5) is 32.8. The Kier molecular flexibility index (Phi) is 5.29. The fourth-order valence-corrected chi connectivity index (χ4v) is 3.48. The average Bonchev–Trinajstić information content (AvgIpc) is 2.99. The van der Waals surface area contributed by atoms with Crippen LogP contribution in [0.1, 0.15) is 17.2 Å². The van der Waals surface area contributed by atoms with Gasteiger partial charge in [-0.25, -0.2) is 0 Å². The van der Waals surface area contributed by atoms with Gasteiger partial charge in [-0.05, 0) is 19.1 Å². The maximum atomic E-state index is 12.0. The minimum absolute atomic E-state index is 0.0698. The molecule has 1 fully saturated rings. The number of carbonyl (C=O) groups is 2. The minimum atomic E-state index is -0.842. The monoisotopic (exact) mass is 358 g/mol. The van der Waals surface area contributed by atoms with Crippen molar-refractivity contribution in [2.75, 3.05) is 46.8 Å². The van der Waals surface area contributed by atoms with Crippen LogP contribution in [-0.4, -0.2) is 83.5 Å². The molecule has 0 aliphatic carbocycles. The van der Waals surface area contributed by atoms with Crippen molar-refractivity contribution >= 4 is 22.8 Å². The molecule has 1 aliphatic heterocycles. The molecule has 140 valence electrons. The molecule has 0 bridgehead atoms. The maximum absolute atomic E-state index is 12.0. The van der Waals surface area contributed by atoms with Crippen molar-refractivity contribution < 1.29 is 14.7 Å². The minimum Gasteiger partial charge on any atom is -0.480 e. The maximum Gasteiger partial charge on any atom is 0.325 e. The van der Waals surface area contributed by atoms with Gasteiger partial charge in [0.05, 0.1) is 6.54 Å². The number of aliphatic carboxylic acids is 1. The lowest BCUT2D eigenvalue weighted by Gasteiger charge is -2.37. The number of amides is 1. The van der Waals surface area contributed by atoms with Gasteiger partial charge < -0.3 is 15.0 Å². The fraction of sp³-hybridized carbons (Fsp3) is 0.474. The van der Waals surface area contributed by atoms with E-state index in [1.54, 1.807) is 19.0 Å². The molecule has 1 aromatic heterocycles. The van der Waals surface area contributed by atoms with E-state index >= 15 is 0 Å². The molecule has 2 N–H and O–H groups in total. The number of fused-ring (bicyclic) bond motifs is 1. The molecule has 0 unspecified atom stereocenters. The number of piperazine rings is 1. The van der Waals surface area contributed by atoms with Gasteiger partial charge in [-0.3, -0.25) is 19.4 Å². The highest BCUT2D eigenvalue weighted by Crippen LogP contribution is 2.30. The first-order valence-corrected chi connectivity index (χ1v) is 8.84. The summed E-state index contributed by atoms with van der Waals surface area (Å²) in [5, 5.41) is 10.8. The molecule has 1 aromatic carbocycles. The Balaban J connectivity index is 1.76. The van der Waals surface area contributed by atoms with Crippen LogP contribution in [0, 0.1) is 6.92 Å². The number of aromatic nitrogens is 1. The number of carboxylic acid groups (broad SMARTS) is 1. The van der Waals surface area contributed by atoms with E-state index < -0.39 is 12.0 Å². The van der Waals surface area contributed by atoms with E-state index in [0.717, 1.165) is 22.0 Å². The van der Waals surface area contributed by atoms with Crippen molar-refractivity contribution in [1.82, 2.24) is 19.7 Å². The topological polar surface area (TPSA) is 79.9 Å². The van der Waals surface area contributed by atoms with Crippen LogP contribution < -0.4 is 0 Å². The van der Waals surface area contributed by atoms with Gasteiger partial charge >= 0.3 is 5.97 Å². The number of hydrogen-bond acceptors (Lipinski definition) is 4. The number of aromatic amines is 1. The zero-order chi connectivity index (χ0) is 18.8. The van der Waals surface area contributed by atoms with Crippen LogP contribution in [0.3, 0.4) is 0 Å². The van der Waals surface area contributed by atoms with Gasteiger partial charge in [0, 0.05) is 62.9 Å². The van der Waals surface area contributed by atoms with Gasteiger partial charge in [0.1, 0.15) is 6.04 Å². The highest BCUT2D eigenvalue weighted by molar-refractivity contribution is 5.89. The van der Waals surface area contributed by atoms with Crippen molar-refractivity contribution in [3.8, 4) is 0 Å². The normalized spacial score (nSPS) is 17.3. The van der Waals surface area contributed by atoms with Crippen molar-refractivity contribution in [2.45, 2.75) is 13.0 Å². The number of likely N-dealkylation sites (N-methyl/N-ethyl adjacent to an activating group) is 1. The molecule has 1 amide bonds. The molecular formula is C19H26N4O3. The van der Waals surface area contributed by atoms with Crippen molar-refractivity contribution in [2.24, 2.45) is 0 Å². The van der Waals surface area contributed by atoms with E-state index in [1.807, 2.05) is 36.2 Å². The second kappa shape index (κ2) is 7.47. The van der Waals surface area contributed by atoms with Crippen LogP contribution in [0.5, 0.6) is 0 Å². The third kappa shape index (κ3) is 3.73. The third-order valence-corrected chi connectivity index (χ3v) is 5.03. The molecule has 1 saturated heterocycles. The Labute approximate surface area is 153 Å². The number of H-pyrrole nitrogens is 1. The molecule has 1 atom stereocenters. The molecule has 7 nitrogen and oxygen atoms in total. The smallest absolute Gasteiger partial charge is 0.325 e.